The Kier molecular flexibility index (Phi) is 1.95. The number of hydrogen-bond acceptors (Lipinski definition) is 3. The van der Waals surface area contributed by atoms with Gasteiger partial charge < -0.3 is 8.94 Å². The Hall–Kier alpha value is -0.562. The summed E-state index contributed by atoms with van der Waals surface area (Å²) in [4.78, 5) is 0. The van der Waals surface area contributed by atoms with Gasteiger partial charge in [0, 0.05) is 27.1 Å². The van der Waals surface area contributed by atoms with E-state index in [9.17, 15) is 0 Å². The second-order valence-electron chi connectivity index (χ2n) is 1.88. The summed E-state index contributed by atoms with van der Waals surface area (Å²) in [6, 6.07) is 1.75. The molecule has 0 fully saturated rings. The Morgan fingerprint density at radius 2 is 2.30 bits per heavy atom. The number of nitrogens with zero attached hydrogens (tertiary/aromatic N) is 1. The minimum absolute atomic E-state index is 0. The summed E-state index contributed by atoms with van der Waals surface area (Å²) < 4.78 is 9.88. The first-order valence-electron chi connectivity index (χ1n) is 2.67. The van der Waals surface area contributed by atoms with E-state index in [0.29, 0.717) is 5.58 Å². The van der Waals surface area contributed by atoms with Gasteiger partial charge in [0.15, 0.2) is 5.58 Å². The van der Waals surface area contributed by atoms with E-state index in [4.69, 9.17) is 8.94 Å². The summed E-state index contributed by atoms with van der Waals surface area (Å²) >= 11 is 0. The summed E-state index contributed by atoms with van der Waals surface area (Å²) in [6.45, 7) is 1.84. The zero-order valence-electron chi connectivity index (χ0n) is 5.23. The van der Waals surface area contributed by atoms with Crippen LogP contribution in [-0.2, 0) is 21.1 Å². The molecule has 2 rings (SSSR count). The molecule has 0 amide bonds. The quantitative estimate of drug-likeness (QED) is 0.743. The van der Waals surface area contributed by atoms with Crippen molar-refractivity contribution in [2.45, 2.75) is 6.92 Å². The molecule has 0 atom stereocenters. The minimum atomic E-state index is 0. The van der Waals surface area contributed by atoms with Gasteiger partial charge in [-0.05, 0) is 6.92 Å². The van der Waals surface area contributed by atoms with Crippen molar-refractivity contribution < 1.29 is 30.0 Å². The molecule has 0 spiro atoms. The van der Waals surface area contributed by atoms with Crippen molar-refractivity contribution in [3.8, 4) is 0 Å². The van der Waals surface area contributed by atoms with Gasteiger partial charge in [-0.1, -0.05) is 5.16 Å². The van der Waals surface area contributed by atoms with E-state index in [2.05, 4.69) is 5.16 Å². The monoisotopic (exact) mass is 318 g/mol. The van der Waals surface area contributed by atoms with Gasteiger partial charge in [0.05, 0.1) is 6.26 Å². The van der Waals surface area contributed by atoms with Crippen molar-refractivity contribution >= 4 is 11.2 Å². The largest absolute Gasteiger partial charge is 0.459 e. The molecule has 0 bridgehead atoms. The summed E-state index contributed by atoms with van der Waals surface area (Å²) in [6.07, 6.45) is 1.59. The Morgan fingerprint density at radius 3 is 3.00 bits per heavy atom. The van der Waals surface area contributed by atoms with Crippen molar-refractivity contribution in [1.29, 1.82) is 0 Å². The first kappa shape index (κ1) is 7.54. The third kappa shape index (κ3) is 0.907. The fourth-order valence-electron chi connectivity index (χ4n) is 0.792. The van der Waals surface area contributed by atoms with Crippen molar-refractivity contribution in [3.05, 3.63) is 18.0 Å². The molecule has 10 heavy (non-hydrogen) atoms. The maximum Gasteiger partial charge on any atom is 0.205 e. The van der Waals surface area contributed by atoms with Gasteiger partial charge in [0.25, 0.3) is 0 Å². The Labute approximate surface area is 71.6 Å². The standard InChI is InChI=1S/C6H5NO2.Pt/c1-4-6-5(9-7-4)2-3-8-6;/h2-3H,1H3;. The Bertz CT molecular complexity index is 325. The molecule has 0 aromatic carbocycles. The van der Waals surface area contributed by atoms with Crippen LogP contribution in [0.25, 0.3) is 11.2 Å². The fraction of sp³-hybridized carbons (Fsp3) is 0.167. The van der Waals surface area contributed by atoms with Crippen LogP contribution in [0.1, 0.15) is 5.69 Å². The molecule has 0 saturated heterocycles. The second-order valence-corrected chi connectivity index (χ2v) is 1.88. The molecule has 0 radical (unpaired) electrons. The van der Waals surface area contributed by atoms with Crippen LogP contribution in [0, 0.1) is 6.92 Å². The summed E-state index contributed by atoms with van der Waals surface area (Å²) in [5.74, 6) is 0. The van der Waals surface area contributed by atoms with Crippen molar-refractivity contribution in [2.24, 2.45) is 0 Å². The molecule has 0 aliphatic heterocycles. The molecule has 2 aromatic rings. The van der Waals surface area contributed by atoms with Gasteiger partial charge in [-0.3, -0.25) is 0 Å². The zero-order chi connectivity index (χ0) is 6.27. The molecule has 0 aliphatic carbocycles. The van der Waals surface area contributed by atoms with E-state index in [-0.39, 0.29) is 21.1 Å². The zero-order valence-corrected chi connectivity index (χ0v) is 7.51. The van der Waals surface area contributed by atoms with Crippen LogP contribution in [-0.4, -0.2) is 5.16 Å². The Balaban J connectivity index is 0.000000500. The van der Waals surface area contributed by atoms with Gasteiger partial charge in [-0.25, -0.2) is 0 Å². The van der Waals surface area contributed by atoms with Gasteiger partial charge in [0.2, 0.25) is 5.58 Å². The van der Waals surface area contributed by atoms with E-state index in [1.807, 2.05) is 6.92 Å². The molecule has 3 nitrogen and oxygen atoms in total. The van der Waals surface area contributed by atoms with Crippen LogP contribution in [0.2, 0.25) is 0 Å². The normalized spacial score (nSPS) is 9.70. The molecule has 56 valence electrons. The SMILES string of the molecule is Cc1noc2ccoc12.[Pt]. The second kappa shape index (κ2) is 2.59. The van der Waals surface area contributed by atoms with Crippen LogP contribution >= 0.6 is 0 Å². The number of aromatic nitrogens is 1. The first-order chi connectivity index (χ1) is 4.38. The molecule has 0 N–H and O–H groups in total. The van der Waals surface area contributed by atoms with Crippen LogP contribution in [0.5, 0.6) is 0 Å². The number of furan rings is 1. The van der Waals surface area contributed by atoms with Crippen LogP contribution in [0.3, 0.4) is 0 Å². The molecule has 4 heteroatoms. The van der Waals surface area contributed by atoms with E-state index in [0.717, 1.165) is 11.3 Å². The molecular formula is C6H5NO2Pt. The van der Waals surface area contributed by atoms with Crippen molar-refractivity contribution in [1.82, 2.24) is 5.16 Å². The molecule has 2 aromatic heterocycles. The van der Waals surface area contributed by atoms with Crippen LogP contribution < -0.4 is 0 Å². The first-order valence-corrected chi connectivity index (χ1v) is 2.67. The topological polar surface area (TPSA) is 39.2 Å². The number of aryl methyl sites for hydroxylation is 1. The molecule has 0 unspecified atom stereocenters. The fourth-order valence-corrected chi connectivity index (χ4v) is 0.792. The number of hydrogen-bond donors (Lipinski definition) is 0. The van der Waals surface area contributed by atoms with Gasteiger partial charge in [-0.15, -0.1) is 0 Å². The van der Waals surface area contributed by atoms with E-state index < -0.39 is 0 Å². The summed E-state index contributed by atoms with van der Waals surface area (Å²) in [7, 11) is 0. The minimum Gasteiger partial charge on any atom is -0.459 e. The molecule has 0 aliphatic rings. The average Bonchev–Trinajstić information content (AvgIpc) is 2.35. The number of rotatable bonds is 0. The van der Waals surface area contributed by atoms with Crippen LogP contribution in [0.15, 0.2) is 21.3 Å². The van der Waals surface area contributed by atoms with Gasteiger partial charge in [-0.2, -0.15) is 0 Å². The van der Waals surface area contributed by atoms with E-state index in [1.54, 1.807) is 12.3 Å². The van der Waals surface area contributed by atoms with E-state index in [1.165, 1.54) is 0 Å². The van der Waals surface area contributed by atoms with Crippen LogP contribution in [0.4, 0.5) is 0 Å². The molecular weight excluding hydrogens is 313 g/mol. The third-order valence-corrected chi connectivity index (χ3v) is 1.24. The smallest absolute Gasteiger partial charge is 0.205 e. The van der Waals surface area contributed by atoms with Gasteiger partial charge in [0.1, 0.15) is 5.69 Å². The van der Waals surface area contributed by atoms with Crippen molar-refractivity contribution in [3.63, 3.8) is 0 Å². The van der Waals surface area contributed by atoms with E-state index >= 15 is 0 Å². The molecule has 2 heterocycles. The van der Waals surface area contributed by atoms with Crippen molar-refractivity contribution in [2.75, 3.05) is 0 Å². The maximum absolute atomic E-state index is 5.03. The average molecular weight is 318 g/mol. The number of fused-ring (bicyclic) bond motifs is 1. The maximum atomic E-state index is 5.03. The summed E-state index contributed by atoms with van der Waals surface area (Å²) in [5, 5.41) is 3.69. The predicted octanol–water partition coefficient (Wildman–Crippen LogP) is 1.73. The van der Waals surface area contributed by atoms with Gasteiger partial charge >= 0.3 is 0 Å². The summed E-state index contributed by atoms with van der Waals surface area (Å²) in [5.41, 5.74) is 2.26. The third-order valence-electron chi connectivity index (χ3n) is 1.24. The molecule has 0 saturated carbocycles. The predicted molar refractivity (Wildman–Crippen MR) is 31.0 cm³/mol. The Morgan fingerprint density at radius 1 is 1.50 bits per heavy atom.